The maximum Gasteiger partial charge on any atom is 0.309 e. The summed E-state index contributed by atoms with van der Waals surface area (Å²) in [5.41, 5.74) is 5.13. The Morgan fingerprint density at radius 1 is 1.33 bits per heavy atom. The van der Waals surface area contributed by atoms with E-state index in [1.165, 1.54) is 0 Å². The van der Waals surface area contributed by atoms with Crippen molar-refractivity contribution in [3.05, 3.63) is 0 Å². The number of hydrogen-bond acceptors (Lipinski definition) is 3. The normalized spacial score (nSPS) is 9.67. The van der Waals surface area contributed by atoms with E-state index >= 15 is 0 Å². The molecule has 0 aromatic rings. The van der Waals surface area contributed by atoms with E-state index in [4.69, 9.17) is 5.73 Å². The van der Waals surface area contributed by atoms with Gasteiger partial charge in [-0.25, -0.2) is 0 Å². The Labute approximate surface area is 71.7 Å². The highest BCUT2D eigenvalue weighted by Gasteiger charge is 2.12. The van der Waals surface area contributed by atoms with E-state index in [0.717, 1.165) is 0 Å². The molecule has 0 saturated heterocycles. The minimum absolute atomic E-state index is 0.0267. The summed E-state index contributed by atoms with van der Waals surface area (Å²) in [6.07, 6.45) is 0. The maximum atomic E-state index is 10.9. The first-order valence-corrected chi connectivity index (χ1v) is 3.86. The number of amides is 2. The molecular weight excluding hydrogens is 158 g/mol. The van der Waals surface area contributed by atoms with E-state index in [1.807, 2.05) is 0 Å². The smallest absolute Gasteiger partial charge is 0.309 e. The highest BCUT2D eigenvalue weighted by atomic mass is 16.2. The van der Waals surface area contributed by atoms with Gasteiger partial charge in [0.05, 0.1) is 0 Å². The molecule has 0 heterocycles. The summed E-state index contributed by atoms with van der Waals surface area (Å²) in [7, 11) is 0. The molecule has 5 nitrogen and oxygen atoms in total. The van der Waals surface area contributed by atoms with Crippen molar-refractivity contribution in [2.75, 3.05) is 13.1 Å². The summed E-state index contributed by atoms with van der Waals surface area (Å²) >= 11 is 0. The number of nitrogens with two attached hydrogens (primary N) is 1. The van der Waals surface area contributed by atoms with Crippen LogP contribution >= 0.6 is 0 Å². The summed E-state index contributed by atoms with van der Waals surface area (Å²) in [4.78, 5) is 21.8. The Kier molecular flexibility index (Phi) is 5.03. The lowest BCUT2D eigenvalue weighted by Crippen LogP contribution is -2.43. The van der Waals surface area contributed by atoms with Crippen LogP contribution in [0.15, 0.2) is 0 Å². The van der Waals surface area contributed by atoms with E-state index in [1.54, 1.807) is 13.8 Å². The SMILES string of the molecule is CC(C)NC(=O)C(=O)NCCN. The highest BCUT2D eigenvalue weighted by Crippen LogP contribution is 1.76. The number of carbonyl (C=O) groups is 2. The molecule has 0 aliphatic heterocycles. The van der Waals surface area contributed by atoms with Crippen LogP contribution in [-0.2, 0) is 9.59 Å². The Morgan fingerprint density at radius 2 is 1.92 bits per heavy atom. The molecule has 12 heavy (non-hydrogen) atoms. The standard InChI is InChI=1S/C7H15N3O2/c1-5(2)10-7(12)6(11)9-4-3-8/h5H,3-4,8H2,1-2H3,(H,9,11)(H,10,12). The van der Waals surface area contributed by atoms with Gasteiger partial charge in [-0.1, -0.05) is 0 Å². The van der Waals surface area contributed by atoms with Crippen LogP contribution in [0.2, 0.25) is 0 Å². The molecule has 0 aromatic heterocycles. The number of rotatable bonds is 3. The average molecular weight is 173 g/mol. The maximum absolute atomic E-state index is 10.9. The first kappa shape index (κ1) is 10.9. The van der Waals surface area contributed by atoms with E-state index in [2.05, 4.69) is 10.6 Å². The van der Waals surface area contributed by atoms with Crippen LogP contribution in [0.5, 0.6) is 0 Å². The molecule has 0 spiro atoms. The second-order valence-corrected chi connectivity index (χ2v) is 2.67. The van der Waals surface area contributed by atoms with Gasteiger partial charge in [0.1, 0.15) is 0 Å². The Balaban J connectivity index is 3.70. The second kappa shape index (κ2) is 5.54. The van der Waals surface area contributed by atoms with Crippen molar-refractivity contribution in [2.45, 2.75) is 19.9 Å². The van der Waals surface area contributed by atoms with Crippen LogP contribution in [0.4, 0.5) is 0 Å². The zero-order chi connectivity index (χ0) is 9.56. The monoisotopic (exact) mass is 173 g/mol. The largest absolute Gasteiger partial charge is 0.347 e. The molecule has 5 heteroatoms. The van der Waals surface area contributed by atoms with Crippen molar-refractivity contribution in [1.29, 1.82) is 0 Å². The lowest BCUT2D eigenvalue weighted by molar-refractivity contribution is -0.139. The van der Waals surface area contributed by atoms with E-state index in [-0.39, 0.29) is 6.04 Å². The van der Waals surface area contributed by atoms with Crippen molar-refractivity contribution in [2.24, 2.45) is 5.73 Å². The van der Waals surface area contributed by atoms with Crippen molar-refractivity contribution < 1.29 is 9.59 Å². The number of carbonyl (C=O) groups excluding carboxylic acids is 2. The van der Waals surface area contributed by atoms with Gasteiger partial charge in [0.25, 0.3) is 0 Å². The fourth-order valence-electron chi connectivity index (χ4n) is 0.594. The molecule has 0 aliphatic rings. The van der Waals surface area contributed by atoms with Crippen molar-refractivity contribution in [1.82, 2.24) is 10.6 Å². The molecule has 2 amide bonds. The minimum Gasteiger partial charge on any atom is -0.347 e. The van der Waals surface area contributed by atoms with Crippen LogP contribution in [0, 0.1) is 0 Å². The van der Waals surface area contributed by atoms with Gasteiger partial charge in [0, 0.05) is 19.1 Å². The molecule has 0 fully saturated rings. The van der Waals surface area contributed by atoms with Crippen LogP contribution in [-0.4, -0.2) is 30.9 Å². The van der Waals surface area contributed by atoms with Crippen LogP contribution < -0.4 is 16.4 Å². The van der Waals surface area contributed by atoms with Gasteiger partial charge >= 0.3 is 11.8 Å². The summed E-state index contributed by atoms with van der Waals surface area (Å²) in [5, 5.41) is 4.82. The zero-order valence-electron chi connectivity index (χ0n) is 7.39. The van der Waals surface area contributed by atoms with Crippen LogP contribution in [0.25, 0.3) is 0 Å². The lowest BCUT2D eigenvalue weighted by Gasteiger charge is -2.07. The van der Waals surface area contributed by atoms with Gasteiger partial charge in [-0.3, -0.25) is 9.59 Å². The van der Waals surface area contributed by atoms with Gasteiger partial charge in [-0.05, 0) is 13.8 Å². The predicted octanol–water partition coefficient (Wildman–Crippen LogP) is -1.41. The van der Waals surface area contributed by atoms with Crippen LogP contribution in [0.1, 0.15) is 13.8 Å². The summed E-state index contributed by atoms with van der Waals surface area (Å²) in [5.74, 6) is -1.24. The molecular formula is C7H15N3O2. The molecule has 70 valence electrons. The highest BCUT2D eigenvalue weighted by molar-refractivity contribution is 6.35. The van der Waals surface area contributed by atoms with Gasteiger partial charge in [-0.2, -0.15) is 0 Å². The zero-order valence-corrected chi connectivity index (χ0v) is 7.39. The fraction of sp³-hybridized carbons (Fsp3) is 0.714. The first-order valence-electron chi connectivity index (χ1n) is 3.86. The molecule has 0 atom stereocenters. The topological polar surface area (TPSA) is 84.2 Å². The Bertz CT molecular complexity index is 168. The van der Waals surface area contributed by atoms with E-state index < -0.39 is 11.8 Å². The molecule has 0 radical (unpaired) electrons. The molecule has 0 saturated carbocycles. The third-order valence-electron chi connectivity index (χ3n) is 1.06. The summed E-state index contributed by atoms with van der Waals surface area (Å²) < 4.78 is 0. The molecule has 4 N–H and O–H groups in total. The Hall–Kier alpha value is -1.10. The molecule has 0 aliphatic carbocycles. The van der Waals surface area contributed by atoms with Gasteiger partial charge in [0.15, 0.2) is 0 Å². The summed E-state index contributed by atoms with van der Waals surface area (Å²) in [6.45, 7) is 4.23. The quantitative estimate of drug-likeness (QED) is 0.458. The van der Waals surface area contributed by atoms with Crippen LogP contribution in [0.3, 0.4) is 0 Å². The molecule has 0 bridgehead atoms. The third kappa shape index (κ3) is 4.68. The summed E-state index contributed by atoms with van der Waals surface area (Å²) in [6, 6.07) is -0.0267. The average Bonchev–Trinajstić information content (AvgIpc) is 1.98. The molecule has 0 aromatic carbocycles. The Morgan fingerprint density at radius 3 is 2.33 bits per heavy atom. The van der Waals surface area contributed by atoms with Crippen molar-refractivity contribution in [3.8, 4) is 0 Å². The molecule has 0 rings (SSSR count). The molecule has 0 unspecified atom stereocenters. The van der Waals surface area contributed by atoms with E-state index in [0.29, 0.717) is 13.1 Å². The first-order chi connectivity index (χ1) is 5.57. The third-order valence-corrected chi connectivity index (χ3v) is 1.06. The van der Waals surface area contributed by atoms with Crippen molar-refractivity contribution >= 4 is 11.8 Å². The fourth-order valence-corrected chi connectivity index (χ4v) is 0.594. The second-order valence-electron chi connectivity index (χ2n) is 2.67. The van der Waals surface area contributed by atoms with Gasteiger partial charge < -0.3 is 16.4 Å². The van der Waals surface area contributed by atoms with Crippen molar-refractivity contribution in [3.63, 3.8) is 0 Å². The van der Waals surface area contributed by atoms with Gasteiger partial charge in [-0.15, -0.1) is 0 Å². The predicted molar refractivity (Wildman–Crippen MR) is 45.3 cm³/mol. The minimum atomic E-state index is -0.630. The lowest BCUT2D eigenvalue weighted by atomic mass is 10.4. The number of hydrogen-bond donors (Lipinski definition) is 3. The van der Waals surface area contributed by atoms with Gasteiger partial charge in [0.2, 0.25) is 0 Å². The van der Waals surface area contributed by atoms with E-state index in [9.17, 15) is 9.59 Å². The number of nitrogens with one attached hydrogen (secondary N) is 2.